The van der Waals surface area contributed by atoms with Gasteiger partial charge in [-0.25, -0.2) is 8.42 Å². The van der Waals surface area contributed by atoms with Gasteiger partial charge in [-0.3, -0.25) is 14.9 Å². The number of nitrogens with one attached hydrogen (secondary N) is 2. The van der Waals surface area contributed by atoms with Gasteiger partial charge in [0.15, 0.2) is 0 Å². The molecule has 1 aliphatic rings. The highest BCUT2D eigenvalue weighted by Crippen LogP contribution is 2.23. The molecule has 2 N–H and O–H groups in total. The maximum atomic E-state index is 12.7. The molecule has 30 heavy (non-hydrogen) atoms. The first-order valence-electron chi connectivity index (χ1n) is 9.66. The first-order chi connectivity index (χ1) is 14.3. The summed E-state index contributed by atoms with van der Waals surface area (Å²) in [6.45, 7) is 2.76. The van der Waals surface area contributed by atoms with Crippen LogP contribution in [-0.2, 0) is 14.8 Å². The molecule has 1 amide bonds. The van der Waals surface area contributed by atoms with Gasteiger partial charge in [0.1, 0.15) is 0 Å². The van der Waals surface area contributed by atoms with Gasteiger partial charge in [-0.2, -0.15) is 4.31 Å². The van der Waals surface area contributed by atoms with Crippen molar-refractivity contribution in [3.63, 3.8) is 0 Å². The van der Waals surface area contributed by atoms with Crippen molar-refractivity contribution in [2.45, 2.75) is 31.1 Å². The number of nitrogens with zero attached hydrogens (tertiary/aromatic N) is 2. The number of aryl methyl sites for hydroxylation is 1. The van der Waals surface area contributed by atoms with E-state index in [-0.39, 0.29) is 23.0 Å². The number of piperidine rings is 1. The number of non-ortho nitro benzene ring substituents is 1. The van der Waals surface area contributed by atoms with Gasteiger partial charge in [0.2, 0.25) is 15.9 Å². The third-order valence-corrected chi connectivity index (χ3v) is 6.88. The SMILES string of the molecule is Cc1ccc([N+](=O)[O-])cc1NCC(=O)Nc1ccc(S(=O)(=O)N2CCCCC2)cc1. The van der Waals surface area contributed by atoms with Gasteiger partial charge in [-0.15, -0.1) is 0 Å². The summed E-state index contributed by atoms with van der Waals surface area (Å²) in [4.78, 5) is 22.8. The molecular formula is C20H24N4O5S. The third-order valence-electron chi connectivity index (χ3n) is 4.96. The van der Waals surface area contributed by atoms with E-state index in [0.29, 0.717) is 24.5 Å². The van der Waals surface area contributed by atoms with Crippen molar-refractivity contribution in [3.8, 4) is 0 Å². The lowest BCUT2D eigenvalue weighted by atomic mass is 10.2. The molecule has 3 rings (SSSR count). The van der Waals surface area contributed by atoms with Crippen LogP contribution in [0.1, 0.15) is 24.8 Å². The van der Waals surface area contributed by atoms with E-state index in [0.717, 1.165) is 24.8 Å². The molecule has 160 valence electrons. The van der Waals surface area contributed by atoms with E-state index in [1.807, 2.05) is 0 Å². The highest BCUT2D eigenvalue weighted by Gasteiger charge is 2.25. The zero-order valence-corrected chi connectivity index (χ0v) is 17.4. The second-order valence-corrected chi connectivity index (χ2v) is 9.09. The molecular weight excluding hydrogens is 408 g/mol. The molecule has 0 saturated carbocycles. The molecule has 1 fully saturated rings. The topological polar surface area (TPSA) is 122 Å². The number of amides is 1. The van der Waals surface area contributed by atoms with Crippen LogP contribution in [-0.4, -0.2) is 43.2 Å². The number of benzene rings is 2. The summed E-state index contributed by atoms with van der Waals surface area (Å²) in [5.74, 6) is -0.354. The molecule has 1 heterocycles. The number of nitro benzene ring substituents is 1. The Balaban J connectivity index is 1.60. The standard InChI is InChI=1S/C20H24N4O5S/c1-15-5-8-17(24(26)27)13-19(15)21-14-20(25)22-16-6-9-18(10-7-16)30(28,29)23-11-3-2-4-12-23/h5-10,13,21H,2-4,11-12,14H2,1H3,(H,22,25). The van der Waals surface area contributed by atoms with Gasteiger partial charge in [0, 0.05) is 36.6 Å². The highest BCUT2D eigenvalue weighted by atomic mass is 32.2. The van der Waals surface area contributed by atoms with E-state index in [9.17, 15) is 23.3 Å². The molecule has 10 heteroatoms. The number of rotatable bonds is 7. The Bertz CT molecular complexity index is 1030. The lowest BCUT2D eigenvalue weighted by Crippen LogP contribution is -2.35. The molecule has 0 atom stereocenters. The number of sulfonamides is 1. The zero-order chi connectivity index (χ0) is 21.7. The van der Waals surface area contributed by atoms with Crippen LogP contribution < -0.4 is 10.6 Å². The van der Waals surface area contributed by atoms with Gasteiger partial charge in [-0.1, -0.05) is 12.5 Å². The minimum absolute atomic E-state index is 0.0611. The number of anilines is 2. The maximum Gasteiger partial charge on any atom is 0.271 e. The van der Waals surface area contributed by atoms with Gasteiger partial charge in [0.05, 0.1) is 16.4 Å². The normalized spacial score (nSPS) is 14.8. The average molecular weight is 433 g/mol. The Morgan fingerprint density at radius 1 is 1.10 bits per heavy atom. The lowest BCUT2D eigenvalue weighted by Gasteiger charge is -2.25. The highest BCUT2D eigenvalue weighted by molar-refractivity contribution is 7.89. The molecule has 0 spiro atoms. The molecule has 0 radical (unpaired) electrons. The third kappa shape index (κ3) is 5.14. The van der Waals surface area contributed by atoms with Crippen molar-refractivity contribution < 1.29 is 18.1 Å². The molecule has 0 aliphatic carbocycles. The van der Waals surface area contributed by atoms with Crippen LogP contribution in [0.3, 0.4) is 0 Å². The van der Waals surface area contributed by atoms with Crippen LogP contribution in [0.4, 0.5) is 17.1 Å². The van der Waals surface area contributed by atoms with Crippen LogP contribution in [0.5, 0.6) is 0 Å². The Hall–Kier alpha value is -2.98. The first kappa shape index (κ1) is 21.7. The van der Waals surface area contributed by atoms with Crippen LogP contribution in [0.2, 0.25) is 0 Å². The fourth-order valence-electron chi connectivity index (χ4n) is 3.26. The monoisotopic (exact) mass is 432 g/mol. The van der Waals surface area contributed by atoms with Crippen LogP contribution in [0.25, 0.3) is 0 Å². The summed E-state index contributed by atoms with van der Waals surface area (Å²) in [6, 6.07) is 10.5. The average Bonchev–Trinajstić information content (AvgIpc) is 2.74. The summed E-state index contributed by atoms with van der Waals surface area (Å²) in [5, 5.41) is 16.5. The van der Waals surface area contributed by atoms with E-state index in [2.05, 4.69) is 10.6 Å². The van der Waals surface area contributed by atoms with Crippen molar-refractivity contribution in [2.24, 2.45) is 0 Å². The Kier molecular flexibility index (Phi) is 6.68. The minimum atomic E-state index is -3.52. The summed E-state index contributed by atoms with van der Waals surface area (Å²) >= 11 is 0. The van der Waals surface area contributed by atoms with E-state index >= 15 is 0 Å². The van der Waals surface area contributed by atoms with Crippen molar-refractivity contribution in [1.82, 2.24) is 4.31 Å². The van der Waals surface area contributed by atoms with E-state index in [1.165, 1.54) is 28.6 Å². The number of carbonyl (C=O) groups excluding carboxylic acids is 1. The quantitative estimate of drug-likeness (QED) is 0.512. The van der Waals surface area contributed by atoms with Crippen molar-refractivity contribution in [2.75, 3.05) is 30.3 Å². The van der Waals surface area contributed by atoms with Gasteiger partial charge < -0.3 is 10.6 Å². The fourth-order valence-corrected chi connectivity index (χ4v) is 4.78. The predicted octanol–water partition coefficient (Wildman–Crippen LogP) is 3.13. The van der Waals surface area contributed by atoms with Crippen LogP contribution >= 0.6 is 0 Å². The molecule has 9 nitrogen and oxygen atoms in total. The molecule has 1 saturated heterocycles. The van der Waals surface area contributed by atoms with Crippen molar-refractivity contribution >= 4 is 33.0 Å². The van der Waals surface area contributed by atoms with Gasteiger partial charge in [-0.05, 0) is 49.6 Å². The predicted molar refractivity (Wildman–Crippen MR) is 114 cm³/mol. The fraction of sp³-hybridized carbons (Fsp3) is 0.350. The van der Waals surface area contributed by atoms with E-state index in [4.69, 9.17) is 0 Å². The zero-order valence-electron chi connectivity index (χ0n) is 16.6. The number of carbonyl (C=O) groups is 1. The van der Waals surface area contributed by atoms with E-state index in [1.54, 1.807) is 25.1 Å². The Labute approximate surface area is 175 Å². The summed E-state index contributed by atoms with van der Waals surface area (Å²) < 4.78 is 26.8. The van der Waals surface area contributed by atoms with Crippen molar-refractivity contribution in [3.05, 3.63) is 58.1 Å². The van der Waals surface area contributed by atoms with Crippen molar-refractivity contribution in [1.29, 1.82) is 0 Å². The second kappa shape index (κ2) is 9.23. The van der Waals surface area contributed by atoms with Crippen LogP contribution in [0.15, 0.2) is 47.4 Å². The largest absolute Gasteiger partial charge is 0.376 e. The number of hydrogen-bond donors (Lipinski definition) is 2. The molecule has 1 aliphatic heterocycles. The minimum Gasteiger partial charge on any atom is -0.376 e. The maximum absolute atomic E-state index is 12.7. The number of nitro groups is 1. The summed E-state index contributed by atoms with van der Waals surface area (Å²) in [7, 11) is -3.52. The molecule has 2 aromatic carbocycles. The Morgan fingerprint density at radius 3 is 2.40 bits per heavy atom. The van der Waals surface area contributed by atoms with E-state index < -0.39 is 14.9 Å². The summed E-state index contributed by atoms with van der Waals surface area (Å²) in [5.41, 5.74) is 1.69. The first-order valence-corrected chi connectivity index (χ1v) is 11.1. The second-order valence-electron chi connectivity index (χ2n) is 7.15. The number of hydrogen-bond acceptors (Lipinski definition) is 6. The molecule has 2 aromatic rings. The van der Waals surface area contributed by atoms with Gasteiger partial charge >= 0.3 is 0 Å². The Morgan fingerprint density at radius 2 is 1.77 bits per heavy atom. The van der Waals surface area contributed by atoms with Gasteiger partial charge in [0.25, 0.3) is 5.69 Å². The molecule has 0 bridgehead atoms. The lowest BCUT2D eigenvalue weighted by molar-refractivity contribution is -0.384. The molecule has 0 aromatic heterocycles. The smallest absolute Gasteiger partial charge is 0.271 e. The molecule has 0 unspecified atom stereocenters. The van der Waals surface area contributed by atoms with Crippen LogP contribution in [0, 0.1) is 17.0 Å². The summed E-state index contributed by atoms with van der Waals surface area (Å²) in [6.07, 6.45) is 2.77.